The highest BCUT2D eigenvalue weighted by atomic mass is 16.1. The van der Waals surface area contributed by atoms with Gasteiger partial charge in [-0.3, -0.25) is 4.79 Å². The lowest BCUT2D eigenvalue weighted by Crippen LogP contribution is -2.48. The fraction of sp³-hybridized carbons (Fsp3) is 0.857. The first kappa shape index (κ1) is 13.8. The van der Waals surface area contributed by atoms with Gasteiger partial charge in [0.25, 0.3) is 0 Å². The molecule has 5 rings (SSSR count). The topological polar surface area (TPSA) is 17.1 Å². The summed E-state index contributed by atoms with van der Waals surface area (Å²) in [4.78, 5) is 12.4. The molecule has 0 radical (unpaired) electrons. The second kappa shape index (κ2) is 4.71. The molecule has 22 heavy (non-hydrogen) atoms. The van der Waals surface area contributed by atoms with E-state index in [-0.39, 0.29) is 5.41 Å². The molecule has 5 aliphatic rings. The van der Waals surface area contributed by atoms with Crippen LogP contribution in [0.1, 0.15) is 77.6 Å². The summed E-state index contributed by atoms with van der Waals surface area (Å²) in [5, 5.41) is 0. The molecule has 0 aromatic rings. The fourth-order valence-corrected chi connectivity index (χ4v) is 7.20. The van der Waals surface area contributed by atoms with E-state index < -0.39 is 0 Å². The van der Waals surface area contributed by atoms with Crippen LogP contribution in [0.15, 0.2) is 11.1 Å². The molecule has 0 aliphatic heterocycles. The van der Waals surface area contributed by atoms with Gasteiger partial charge in [0, 0.05) is 11.8 Å². The minimum atomic E-state index is 0.0732. The third-order valence-electron chi connectivity index (χ3n) is 8.52. The summed E-state index contributed by atoms with van der Waals surface area (Å²) < 4.78 is 0. The third kappa shape index (κ3) is 1.86. The molecule has 0 heterocycles. The molecule has 6 atom stereocenters. The van der Waals surface area contributed by atoms with Gasteiger partial charge in [-0.05, 0) is 93.8 Å². The van der Waals surface area contributed by atoms with Crippen molar-refractivity contribution in [2.45, 2.75) is 77.6 Å². The number of carbonyl (C=O) groups excluding carboxylic acids is 1. The summed E-state index contributed by atoms with van der Waals surface area (Å²) in [6, 6.07) is 0. The maximum atomic E-state index is 12.4. The summed E-state index contributed by atoms with van der Waals surface area (Å²) in [7, 11) is 0. The largest absolute Gasteiger partial charge is 0.299 e. The summed E-state index contributed by atoms with van der Waals surface area (Å²) >= 11 is 0. The Morgan fingerprint density at radius 1 is 0.818 bits per heavy atom. The van der Waals surface area contributed by atoms with Gasteiger partial charge in [0.1, 0.15) is 5.78 Å². The third-order valence-corrected chi connectivity index (χ3v) is 8.52. The quantitative estimate of drug-likeness (QED) is 0.555. The lowest BCUT2D eigenvalue weighted by molar-refractivity contribution is -0.132. The number of ketones is 1. The number of allylic oxidation sites excluding steroid dienone is 2. The first-order valence-corrected chi connectivity index (χ1v) is 9.90. The number of hydrogen-bond donors (Lipinski definition) is 0. The van der Waals surface area contributed by atoms with Gasteiger partial charge < -0.3 is 0 Å². The molecule has 0 saturated heterocycles. The summed E-state index contributed by atoms with van der Waals surface area (Å²) in [6.45, 7) is 2.31. The molecule has 0 N–H and O–H groups in total. The Morgan fingerprint density at radius 3 is 2.50 bits per heavy atom. The average molecular weight is 298 g/mol. The molecule has 0 spiro atoms. The van der Waals surface area contributed by atoms with Gasteiger partial charge in [0.2, 0.25) is 0 Å². The van der Waals surface area contributed by atoms with Crippen LogP contribution in [0.3, 0.4) is 0 Å². The van der Waals surface area contributed by atoms with Crippen molar-refractivity contribution in [1.82, 2.24) is 0 Å². The zero-order valence-electron chi connectivity index (χ0n) is 14.1. The average Bonchev–Trinajstić information content (AvgIpc) is 3.33. The SMILES string of the molecule is CC12CCC3C4CCC(=C5CC5)CC4CC[C@H]3C1CCC2=O. The second-order valence-corrected chi connectivity index (χ2v) is 9.30. The number of carbonyl (C=O) groups is 1. The van der Waals surface area contributed by atoms with Crippen LogP contribution in [0.25, 0.3) is 0 Å². The Labute approximate surface area is 134 Å². The second-order valence-electron chi connectivity index (χ2n) is 9.30. The molecule has 120 valence electrons. The van der Waals surface area contributed by atoms with Crippen molar-refractivity contribution >= 4 is 5.78 Å². The highest BCUT2D eigenvalue weighted by Crippen LogP contribution is 2.62. The minimum absolute atomic E-state index is 0.0732. The predicted molar refractivity (Wildman–Crippen MR) is 88.4 cm³/mol. The molecular formula is C21H30O. The van der Waals surface area contributed by atoms with E-state index in [4.69, 9.17) is 0 Å². The van der Waals surface area contributed by atoms with Crippen molar-refractivity contribution in [3.8, 4) is 0 Å². The molecule has 1 heteroatoms. The van der Waals surface area contributed by atoms with E-state index in [1.165, 1.54) is 64.2 Å². The van der Waals surface area contributed by atoms with Gasteiger partial charge >= 0.3 is 0 Å². The molecule has 0 aromatic heterocycles. The van der Waals surface area contributed by atoms with Crippen LogP contribution in [0.5, 0.6) is 0 Å². The monoisotopic (exact) mass is 298 g/mol. The molecule has 5 unspecified atom stereocenters. The zero-order chi connectivity index (χ0) is 14.9. The molecule has 0 amide bonds. The maximum Gasteiger partial charge on any atom is 0.139 e. The minimum Gasteiger partial charge on any atom is -0.299 e. The van der Waals surface area contributed by atoms with Crippen LogP contribution in [-0.4, -0.2) is 5.78 Å². The summed E-state index contributed by atoms with van der Waals surface area (Å²) in [6.07, 6.45) is 14.7. The summed E-state index contributed by atoms with van der Waals surface area (Å²) in [5.41, 5.74) is 3.78. The Kier molecular flexibility index (Phi) is 2.96. The van der Waals surface area contributed by atoms with Crippen molar-refractivity contribution in [2.75, 3.05) is 0 Å². The van der Waals surface area contributed by atoms with Gasteiger partial charge in [-0.25, -0.2) is 0 Å². The molecule has 0 aromatic carbocycles. The van der Waals surface area contributed by atoms with Crippen LogP contribution in [0.2, 0.25) is 0 Å². The maximum absolute atomic E-state index is 12.4. The number of fused-ring (bicyclic) bond motifs is 5. The first-order chi connectivity index (χ1) is 10.7. The van der Waals surface area contributed by atoms with Gasteiger partial charge in [-0.1, -0.05) is 18.1 Å². The van der Waals surface area contributed by atoms with Crippen molar-refractivity contribution < 1.29 is 4.79 Å². The van der Waals surface area contributed by atoms with Crippen molar-refractivity contribution in [2.24, 2.45) is 35.0 Å². The lowest BCUT2D eigenvalue weighted by atomic mass is 9.50. The van der Waals surface area contributed by atoms with Crippen molar-refractivity contribution in [3.63, 3.8) is 0 Å². The van der Waals surface area contributed by atoms with Gasteiger partial charge in [-0.15, -0.1) is 0 Å². The molecule has 5 aliphatic carbocycles. The smallest absolute Gasteiger partial charge is 0.139 e. The zero-order valence-corrected chi connectivity index (χ0v) is 14.1. The van der Waals surface area contributed by atoms with Crippen LogP contribution >= 0.6 is 0 Å². The molecule has 5 fully saturated rings. The Morgan fingerprint density at radius 2 is 1.68 bits per heavy atom. The van der Waals surface area contributed by atoms with Crippen LogP contribution in [0.4, 0.5) is 0 Å². The highest BCUT2D eigenvalue weighted by Gasteiger charge is 2.56. The Hall–Kier alpha value is -0.590. The normalized spacial score (nSPS) is 50.4. The predicted octanol–water partition coefficient (Wildman–Crippen LogP) is 5.30. The number of rotatable bonds is 0. The van der Waals surface area contributed by atoms with Crippen LogP contribution in [0, 0.1) is 35.0 Å². The molecule has 0 bridgehead atoms. The molecular weight excluding hydrogens is 268 g/mol. The van der Waals surface area contributed by atoms with Gasteiger partial charge in [0.05, 0.1) is 0 Å². The van der Waals surface area contributed by atoms with E-state index in [9.17, 15) is 4.79 Å². The van der Waals surface area contributed by atoms with Crippen LogP contribution < -0.4 is 0 Å². The number of hydrogen-bond acceptors (Lipinski definition) is 1. The standard InChI is InChI=1S/C21H30O/c1-21-11-10-17-16-6-4-14(13-2-3-13)12-15(16)5-7-18(17)19(21)8-9-20(21)22/h15-19H,2-12H2,1H3/t15?,16?,17?,18-,19?,21?/m1/s1. The van der Waals surface area contributed by atoms with Crippen molar-refractivity contribution in [1.29, 1.82) is 0 Å². The van der Waals surface area contributed by atoms with Gasteiger partial charge in [-0.2, -0.15) is 0 Å². The van der Waals surface area contributed by atoms with E-state index in [0.29, 0.717) is 5.78 Å². The van der Waals surface area contributed by atoms with E-state index in [1.54, 1.807) is 0 Å². The van der Waals surface area contributed by atoms with Gasteiger partial charge in [0.15, 0.2) is 0 Å². The first-order valence-electron chi connectivity index (χ1n) is 9.90. The molecule has 5 saturated carbocycles. The highest BCUT2D eigenvalue weighted by molar-refractivity contribution is 5.87. The van der Waals surface area contributed by atoms with Crippen LogP contribution in [-0.2, 0) is 4.79 Å². The Bertz CT molecular complexity index is 538. The summed E-state index contributed by atoms with van der Waals surface area (Å²) in [5.74, 6) is 5.20. The van der Waals surface area contributed by atoms with E-state index in [1.807, 2.05) is 11.1 Å². The van der Waals surface area contributed by atoms with Crippen molar-refractivity contribution in [3.05, 3.63) is 11.1 Å². The fourth-order valence-electron chi connectivity index (χ4n) is 7.20. The van der Waals surface area contributed by atoms with E-state index >= 15 is 0 Å². The van der Waals surface area contributed by atoms with E-state index in [0.717, 1.165) is 36.0 Å². The number of Topliss-reactive ketones (excluding diaryl/α,β-unsaturated/α-hetero) is 1. The Balaban J connectivity index is 1.39. The molecule has 1 nitrogen and oxygen atoms in total. The lowest BCUT2D eigenvalue weighted by Gasteiger charge is -2.54. The van der Waals surface area contributed by atoms with E-state index in [2.05, 4.69) is 6.92 Å².